The number of aromatic amines is 1. The molecule has 16 heavy (non-hydrogen) atoms. The Bertz CT molecular complexity index is 474. The molecule has 0 atom stereocenters. The van der Waals surface area contributed by atoms with E-state index in [0.29, 0.717) is 11.1 Å². The summed E-state index contributed by atoms with van der Waals surface area (Å²) in [4.78, 5) is 6.89. The Hall–Kier alpha value is -1.48. The van der Waals surface area contributed by atoms with Crippen molar-refractivity contribution in [2.45, 2.75) is 19.8 Å². The van der Waals surface area contributed by atoms with E-state index in [1.54, 1.807) is 0 Å². The van der Waals surface area contributed by atoms with Gasteiger partial charge in [0.25, 0.3) is 0 Å². The molecule has 2 aromatic rings. The average Bonchev–Trinajstić information content (AvgIpc) is 2.57. The molecule has 3 N–H and O–H groups in total. The minimum atomic E-state index is 0.379. The monoisotopic (exact) mass is 235 g/mol. The van der Waals surface area contributed by atoms with Gasteiger partial charge in [-0.05, 0) is 25.3 Å². The van der Waals surface area contributed by atoms with Crippen LogP contribution < -0.4 is 5.73 Å². The summed E-state index contributed by atoms with van der Waals surface area (Å²) in [7, 11) is 0. The molecule has 0 saturated heterocycles. The highest BCUT2D eigenvalue weighted by Gasteiger charge is 2.05. The number of halogens is 1. The molecule has 4 heteroatoms. The number of nitrogens with zero attached hydrogens (tertiary/aromatic N) is 1. The van der Waals surface area contributed by atoms with Gasteiger partial charge < -0.3 is 10.7 Å². The first-order valence-corrected chi connectivity index (χ1v) is 5.58. The van der Waals surface area contributed by atoms with Gasteiger partial charge in [0.2, 0.25) is 0 Å². The number of imidazole rings is 1. The molecule has 1 aromatic heterocycles. The summed E-state index contributed by atoms with van der Waals surface area (Å²) in [6.07, 6.45) is 1.76. The molecule has 2 rings (SSSR count). The summed E-state index contributed by atoms with van der Waals surface area (Å²) in [5.74, 6) is 0.379. The lowest BCUT2D eigenvalue weighted by atomic mass is 10.1. The maximum Gasteiger partial charge on any atom is 0.199 e. The standard InChI is InChI=1S/C12H14ClN3/c1-8-2-4-9(5-3-8)6-7-10-11(13)16-12(14)15-10/h2-5H,6-7H2,1H3,(H3,14,15,16). The number of rotatable bonds is 3. The van der Waals surface area contributed by atoms with E-state index in [-0.39, 0.29) is 0 Å². The van der Waals surface area contributed by atoms with E-state index in [1.165, 1.54) is 11.1 Å². The number of nitrogens with one attached hydrogen (secondary N) is 1. The van der Waals surface area contributed by atoms with Crippen molar-refractivity contribution in [1.82, 2.24) is 9.97 Å². The Morgan fingerprint density at radius 2 is 1.94 bits per heavy atom. The van der Waals surface area contributed by atoms with Crippen LogP contribution in [0.3, 0.4) is 0 Å². The number of benzene rings is 1. The van der Waals surface area contributed by atoms with Crippen molar-refractivity contribution in [3.63, 3.8) is 0 Å². The number of hydrogen-bond acceptors (Lipinski definition) is 2. The Kier molecular flexibility index (Phi) is 3.15. The maximum atomic E-state index is 5.91. The number of aromatic nitrogens is 2. The zero-order valence-electron chi connectivity index (χ0n) is 9.13. The summed E-state index contributed by atoms with van der Waals surface area (Å²) < 4.78 is 0. The van der Waals surface area contributed by atoms with Crippen molar-refractivity contribution in [2.24, 2.45) is 0 Å². The van der Waals surface area contributed by atoms with Crippen LogP contribution in [0.4, 0.5) is 5.95 Å². The molecule has 3 nitrogen and oxygen atoms in total. The second-order valence-electron chi connectivity index (χ2n) is 3.88. The van der Waals surface area contributed by atoms with Crippen LogP contribution in [0.25, 0.3) is 0 Å². The molecular formula is C12H14ClN3. The summed E-state index contributed by atoms with van der Waals surface area (Å²) >= 11 is 5.91. The Labute approximate surface area is 99.7 Å². The van der Waals surface area contributed by atoms with Gasteiger partial charge in [-0.1, -0.05) is 41.4 Å². The first-order chi connectivity index (χ1) is 7.65. The Morgan fingerprint density at radius 1 is 1.25 bits per heavy atom. The molecule has 0 unspecified atom stereocenters. The van der Waals surface area contributed by atoms with Crippen LogP contribution >= 0.6 is 11.6 Å². The number of H-pyrrole nitrogens is 1. The molecule has 0 aliphatic heterocycles. The number of hydrogen-bond donors (Lipinski definition) is 2. The fourth-order valence-corrected chi connectivity index (χ4v) is 1.83. The predicted molar refractivity (Wildman–Crippen MR) is 66.6 cm³/mol. The van der Waals surface area contributed by atoms with E-state index in [0.717, 1.165) is 18.5 Å². The van der Waals surface area contributed by atoms with Crippen molar-refractivity contribution >= 4 is 17.5 Å². The zero-order valence-corrected chi connectivity index (χ0v) is 9.88. The summed E-state index contributed by atoms with van der Waals surface area (Å²) in [6, 6.07) is 8.47. The molecule has 1 heterocycles. The normalized spacial score (nSPS) is 10.6. The molecule has 0 spiro atoms. The molecule has 0 amide bonds. The lowest BCUT2D eigenvalue weighted by molar-refractivity contribution is 0.926. The van der Waals surface area contributed by atoms with E-state index in [1.807, 2.05) is 0 Å². The molecule has 0 fully saturated rings. The van der Waals surface area contributed by atoms with Gasteiger partial charge in [-0.25, -0.2) is 4.98 Å². The molecule has 0 saturated carbocycles. The van der Waals surface area contributed by atoms with Gasteiger partial charge in [0.1, 0.15) is 0 Å². The highest BCUT2D eigenvalue weighted by Crippen LogP contribution is 2.16. The number of anilines is 1. The number of nitrogen functional groups attached to an aromatic ring is 1. The highest BCUT2D eigenvalue weighted by atomic mass is 35.5. The minimum Gasteiger partial charge on any atom is -0.369 e. The van der Waals surface area contributed by atoms with Gasteiger partial charge >= 0.3 is 0 Å². The van der Waals surface area contributed by atoms with Gasteiger partial charge in [-0.15, -0.1) is 0 Å². The van der Waals surface area contributed by atoms with Crippen LogP contribution in [0.1, 0.15) is 16.8 Å². The Morgan fingerprint density at radius 3 is 2.50 bits per heavy atom. The second-order valence-corrected chi connectivity index (χ2v) is 4.24. The van der Waals surface area contributed by atoms with E-state index in [4.69, 9.17) is 17.3 Å². The lowest BCUT2D eigenvalue weighted by Gasteiger charge is -2.01. The van der Waals surface area contributed by atoms with Gasteiger partial charge in [-0.2, -0.15) is 0 Å². The van der Waals surface area contributed by atoms with Crippen molar-refractivity contribution in [2.75, 3.05) is 5.73 Å². The number of aryl methyl sites for hydroxylation is 3. The van der Waals surface area contributed by atoms with Crippen LogP contribution in [0.5, 0.6) is 0 Å². The minimum absolute atomic E-state index is 0.379. The maximum absolute atomic E-state index is 5.91. The fourth-order valence-electron chi connectivity index (χ4n) is 1.60. The van der Waals surface area contributed by atoms with Crippen molar-refractivity contribution in [3.8, 4) is 0 Å². The largest absolute Gasteiger partial charge is 0.369 e. The van der Waals surface area contributed by atoms with Gasteiger partial charge in [0.15, 0.2) is 11.1 Å². The third-order valence-corrected chi connectivity index (χ3v) is 2.84. The van der Waals surface area contributed by atoms with Crippen LogP contribution in [-0.2, 0) is 12.8 Å². The highest BCUT2D eigenvalue weighted by molar-refractivity contribution is 6.30. The van der Waals surface area contributed by atoms with Gasteiger partial charge in [-0.3, -0.25) is 0 Å². The van der Waals surface area contributed by atoms with E-state index >= 15 is 0 Å². The smallest absolute Gasteiger partial charge is 0.199 e. The van der Waals surface area contributed by atoms with Gasteiger partial charge in [0, 0.05) is 0 Å². The first-order valence-electron chi connectivity index (χ1n) is 5.20. The topological polar surface area (TPSA) is 54.7 Å². The third-order valence-electron chi connectivity index (χ3n) is 2.53. The molecule has 1 aromatic carbocycles. The summed E-state index contributed by atoms with van der Waals surface area (Å²) in [5.41, 5.74) is 8.98. The molecular weight excluding hydrogens is 222 g/mol. The quantitative estimate of drug-likeness (QED) is 0.860. The second kappa shape index (κ2) is 4.58. The summed E-state index contributed by atoms with van der Waals surface area (Å²) in [5, 5.41) is 0.476. The molecule has 0 radical (unpaired) electrons. The van der Waals surface area contributed by atoms with Crippen molar-refractivity contribution < 1.29 is 0 Å². The molecule has 0 bridgehead atoms. The van der Waals surface area contributed by atoms with Crippen LogP contribution in [0, 0.1) is 6.92 Å². The predicted octanol–water partition coefficient (Wildman–Crippen LogP) is 2.74. The number of nitrogens with two attached hydrogens (primary N) is 1. The van der Waals surface area contributed by atoms with E-state index in [2.05, 4.69) is 41.2 Å². The van der Waals surface area contributed by atoms with E-state index < -0.39 is 0 Å². The molecule has 84 valence electrons. The van der Waals surface area contributed by atoms with Crippen molar-refractivity contribution in [1.29, 1.82) is 0 Å². The first kappa shape index (κ1) is 11.0. The average molecular weight is 236 g/mol. The third kappa shape index (κ3) is 2.55. The SMILES string of the molecule is Cc1ccc(CCc2[nH]c(N)nc2Cl)cc1. The van der Waals surface area contributed by atoms with Crippen LogP contribution in [0.15, 0.2) is 24.3 Å². The van der Waals surface area contributed by atoms with Crippen LogP contribution in [0.2, 0.25) is 5.15 Å². The molecule has 0 aliphatic carbocycles. The van der Waals surface area contributed by atoms with Crippen molar-refractivity contribution in [3.05, 3.63) is 46.2 Å². The van der Waals surface area contributed by atoms with Gasteiger partial charge in [0.05, 0.1) is 5.69 Å². The van der Waals surface area contributed by atoms with E-state index in [9.17, 15) is 0 Å². The zero-order chi connectivity index (χ0) is 11.5. The fraction of sp³-hybridized carbons (Fsp3) is 0.250. The lowest BCUT2D eigenvalue weighted by Crippen LogP contribution is -1.93. The summed E-state index contributed by atoms with van der Waals surface area (Å²) in [6.45, 7) is 2.08. The molecule has 0 aliphatic rings. The van der Waals surface area contributed by atoms with Crippen LogP contribution in [-0.4, -0.2) is 9.97 Å². The Balaban J connectivity index is 2.02.